The molecule has 7 heteroatoms. The normalized spacial score (nSPS) is 21.8. The highest BCUT2D eigenvalue weighted by Gasteiger charge is 2.40. The Bertz CT molecular complexity index is 723. The maximum atomic E-state index is 12.7. The van der Waals surface area contributed by atoms with E-state index in [1.807, 2.05) is 6.92 Å². The third-order valence-electron chi connectivity index (χ3n) is 4.96. The molecule has 0 N–H and O–H groups in total. The Kier molecular flexibility index (Phi) is 5.22. The van der Waals surface area contributed by atoms with E-state index in [0.29, 0.717) is 16.4 Å². The van der Waals surface area contributed by atoms with Crippen LogP contribution >= 0.6 is 11.8 Å². The zero-order valence-electron chi connectivity index (χ0n) is 14.0. The standard InChI is InChI=1S/C18H20N2O4S/c1-12(14-5-3-2-4-6-14)19-17(21)16(25-18(19)22)11-13-7-9-15(10-8-13)20(23)24/h7-12,14H,2-6H2,1H3/b16-11-. The van der Waals surface area contributed by atoms with E-state index < -0.39 is 4.92 Å². The zero-order valence-corrected chi connectivity index (χ0v) is 14.8. The van der Waals surface area contributed by atoms with Crippen molar-refractivity contribution in [1.82, 2.24) is 4.90 Å². The van der Waals surface area contributed by atoms with Gasteiger partial charge >= 0.3 is 0 Å². The molecule has 2 amide bonds. The van der Waals surface area contributed by atoms with Crippen LogP contribution in [-0.4, -0.2) is 27.0 Å². The topological polar surface area (TPSA) is 80.5 Å². The van der Waals surface area contributed by atoms with E-state index in [-0.39, 0.29) is 22.9 Å². The number of benzene rings is 1. The van der Waals surface area contributed by atoms with Gasteiger partial charge in [0.05, 0.1) is 9.83 Å². The van der Waals surface area contributed by atoms with Crippen molar-refractivity contribution in [2.75, 3.05) is 0 Å². The van der Waals surface area contributed by atoms with E-state index in [4.69, 9.17) is 0 Å². The molecule has 1 saturated carbocycles. The van der Waals surface area contributed by atoms with Crippen LogP contribution in [0.25, 0.3) is 6.08 Å². The first-order valence-electron chi connectivity index (χ1n) is 8.49. The van der Waals surface area contributed by atoms with Gasteiger partial charge in [-0.1, -0.05) is 19.3 Å². The third kappa shape index (κ3) is 3.76. The van der Waals surface area contributed by atoms with Crippen LogP contribution < -0.4 is 0 Å². The van der Waals surface area contributed by atoms with Crippen LogP contribution in [-0.2, 0) is 4.79 Å². The van der Waals surface area contributed by atoms with Gasteiger partial charge in [0, 0.05) is 18.2 Å². The summed E-state index contributed by atoms with van der Waals surface area (Å²) in [6.45, 7) is 1.96. The van der Waals surface area contributed by atoms with Crippen LogP contribution in [0.4, 0.5) is 10.5 Å². The molecule has 0 radical (unpaired) electrons. The summed E-state index contributed by atoms with van der Waals surface area (Å²) in [5.41, 5.74) is 0.664. The van der Waals surface area contributed by atoms with Crippen molar-refractivity contribution in [3.05, 3.63) is 44.8 Å². The van der Waals surface area contributed by atoms with Crippen molar-refractivity contribution in [3.63, 3.8) is 0 Å². The minimum absolute atomic E-state index is 0.00354. The number of hydrogen-bond acceptors (Lipinski definition) is 5. The first kappa shape index (κ1) is 17.7. The molecule has 1 aromatic rings. The van der Waals surface area contributed by atoms with Gasteiger partial charge in [0.15, 0.2) is 0 Å². The lowest BCUT2D eigenvalue weighted by atomic mass is 9.84. The zero-order chi connectivity index (χ0) is 18.0. The largest absolute Gasteiger partial charge is 0.293 e. The summed E-state index contributed by atoms with van der Waals surface area (Å²) in [6, 6.07) is 5.85. The van der Waals surface area contributed by atoms with Gasteiger partial charge in [-0.05, 0) is 61.2 Å². The van der Waals surface area contributed by atoms with Gasteiger partial charge in [-0.2, -0.15) is 0 Å². The Hall–Kier alpha value is -2.15. The van der Waals surface area contributed by atoms with Gasteiger partial charge < -0.3 is 0 Å². The molecule has 0 bridgehead atoms. The fourth-order valence-electron chi connectivity index (χ4n) is 3.50. The predicted octanol–water partition coefficient (Wildman–Crippen LogP) is 4.60. The van der Waals surface area contributed by atoms with Crippen LogP contribution in [0.2, 0.25) is 0 Å². The summed E-state index contributed by atoms with van der Waals surface area (Å²) < 4.78 is 0. The number of nitro benzene ring substituents is 1. The van der Waals surface area contributed by atoms with Gasteiger partial charge in [0.1, 0.15) is 0 Å². The monoisotopic (exact) mass is 360 g/mol. The lowest BCUT2D eigenvalue weighted by Gasteiger charge is -2.32. The smallest absolute Gasteiger partial charge is 0.268 e. The van der Waals surface area contributed by atoms with Crippen LogP contribution in [0, 0.1) is 16.0 Å². The highest BCUT2D eigenvalue weighted by molar-refractivity contribution is 8.18. The van der Waals surface area contributed by atoms with Crippen LogP contribution in [0.3, 0.4) is 0 Å². The van der Waals surface area contributed by atoms with E-state index in [1.165, 1.54) is 23.5 Å². The Morgan fingerprint density at radius 1 is 1.20 bits per heavy atom. The summed E-state index contributed by atoms with van der Waals surface area (Å²) >= 11 is 0.944. The minimum Gasteiger partial charge on any atom is -0.268 e. The molecule has 2 aliphatic rings. The molecule has 3 rings (SSSR count). The maximum Gasteiger partial charge on any atom is 0.293 e. The van der Waals surface area contributed by atoms with Crippen LogP contribution in [0.5, 0.6) is 0 Å². The first-order valence-corrected chi connectivity index (χ1v) is 9.30. The van der Waals surface area contributed by atoms with Crippen molar-refractivity contribution in [2.45, 2.75) is 45.1 Å². The number of imide groups is 1. The molecular formula is C18H20N2O4S. The molecule has 0 aromatic heterocycles. The van der Waals surface area contributed by atoms with Gasteiger partial charge in [-0.3, -0.25) is 24.6 Å². The first-order chi connectivity index (χ1) is 12.0. The lowest BCUT2D eigenvalue weighted by molar-refractivity contribution is -0.384. The fraction of sp³-hybridized carbons (Fsp3) is 0.444. The second kappa shape index (κ2) is 7.39. The van der Waals surface area contributed by atoms with E-state index in [0.717, 1.165) is 37.4 Å². The Labute approximate surface area is 150 Å². The van der Waals surface area contributed by atoms with Crippen LogP contribution in [0.1, 0.15) is 44.6 Å². The Morgan fingerprint density at radius 3 is 2.44 bits per heavy atom. The van der Waals surface area contributed by atoms with Gasteiger partial charge in [-0.25, -0.2) is 0 Å². The summed E-state index contributed by atoms with van der Waals surface area (Å²) in [4.78, 5) is 37.0. The van der Waals surface area contributed by atoms with Crippen LogP contribution in [0.15, 0.2) is 29.2 Å². The molecule has 1 aliphatic carbocycles. The molecule has 1 saturated heterocycles. The van der Waals surface area contributed by atoms with E-state index in [9.17, 15) is 19.7 Å². The fourth-order valence-corrected chi connectivity index (χ4v) is 4.42. The summed E-state index contributed by atoms with van der Waals surface area (Å²) in [5.74, 6) is 0.118. The summed E-state index contributed by atoms with van der Waals surface area (Å²) in [5, 5.41) is 10.5. The predicted molar refractivity (Wildman–Crippen MR) is 96.9 cm³/mol. The van der Waals surface area contributed by atoms with Crippen molar-refractivity contribution in [2.24, 2.45) is 5.92 Å². The lowest BCUT2D eigenvalue weighted by Crippen LogP contribution is -2.42. The number of nitro groups is 1. The average molecular weight is 360 g/mol. The van der Waals surface area contributed by atoms with Crippen molar-refractivity contribution >= 4 is 34.7 Å². The number of amides is 2. The van der Waals surface area contributed by atoms with E-state index >= 15 is 0 Å². The Balaban J connectivity index is 1.76. The Morgan fingerprint density at radius 2 is 1.84 bits per heavy atom. The molecule has 2 fully saturated rings. The molecule has 132 valence electrons. The number of carbonyl (C=O) groups excluding carboxylic acids is 2. The number of nitrogens with zero attached hydrogens (tertiary/aromatic N) is 2. The highest BCUT2D eigenvalue weighted by Crippen LogP contribution is 2.38. The van der Waals surface area contributed by atoms with Gasteiger partial charge in [0.2, 0.25) is 0 Å². The van der Waals surface area contributed by atoms with Gasteiger partial charge in [-0.15, -0.1) is 0 Å². The van der Waals surface area contributed by atoms with E-state index in [2.05, 4.69) is 0 Å². The number of non-ortho nitro benzene ring substituents is 1. The van der Waals surface area contributed by atoms with Crippen molar-refractivity contribution in [1.29, 1.82) is 0 Å². The van der Waals surface area contributed by atoms with Gasteiger partial charge in [0.25, 0.3) is 16.8 Å². The molecule has 1 aromatic carbocycles. The molecular weight excluding hydrogens is 340 g/mol. The van der Waals surface area contributed by atoms with Crippen molar-refractivity contribution < 1.29 is 14.5 Å². The average Bonchev–Trinajstić information content (AvgIpc) is 2.89. The molecule has 1 unspecified atom stereocenters. The third-order valence-corrected chi connectivity index (χ3v) is 5.85. The van der Waals surface area contributed by atoms with E-state index in [1.54, 1.807) is 18.2 Å². The molecule has 0 spiro atoms. The maximum absolute atomic E-state index is 12.7. The molecule has 25 heavy (non-hydrogen) atoms. The SMILES string of the molecule is CC(C1CCCCC1)N1C(=O)S/C(=C\c2ccc([N+](=O)[O-])cc2)C1=O. The highest BCUT2D eigenvalue weighted by atomic mass is 32.2. The second-order valence-corrected chi connectivity index (χ2v) is 7.53. The molecule has 1 atom stereocenters. The van der Waals surface area contributed by atoms with Crippen molar-refractivity contribution in [3.8, 4) is 0 Å². The summed E-state index contributed by atoms with van der Waals surface area (Å²) in [7, 11) is 0. The number of hydrogen-bond donors (Lipinski definition) is 0. The quantitative estimate of drug-likeness (QED) is 0.445. The summed E-state index contributed by atoms with van der Waals surface area (Å²) in [6.07, 6.45) is 7.29. The molecule has 6 nitrogen and oxygen atoms in total. The second-order valence-electron chi connectivity index (χ2n) is 6.54. The number of rotatable bonds is 4. The number of thioether (sulfide) groups is 1. The number of carbonyl (C=O) groups is 2. The minimum atomic E-state index is -0.469. The molecule has 1 heterocycles. The molecule has 1 aliphatic heterocycles.